The van der Waals surface area contributed by atoms with Crippen molar-refractivity contribution >= 4 is 16.8 Å². The molecule has 2 aromatic heterocycles. The Balaban J connectivity index is 1.62. The van der Waals surface area contributed by atoms with Crippen LogP contribution in [0.2, 0.25) is 0 Å². The van der Waals surface area contributed by atoms with Crippen LogP contribution in [0, 0.1) is 0 Å². The van der Waals surface area contributed by atoms with Crippen LogP contribution in [0.25, 0.3) is 10.9 Å². The molecular formula is C16H20N6O2. The van der Waals surface area contributed by atoms with Gasteiger partial charge in [0.2, 0.25) is 5.91 Å². The number of methoxy groups -OCH3 is 1. The fourth-order valence-electron chi connectivity index (χ4n) is 2.56. The molecule has 0 saturated carbocycles. The monoisotopic (exact) mass is 328 g/mol. The van der Waals surface area contributed by atoms with Gasteiger partial charge in [-0.05, 0) is 13.0 Å². The molecule has 0 aliphatic heterocycles. The lowest BCUT2D eigenvalue weighted by Gasteiger charge is -2.14. The maximum absolute atomic E-state index is 12.3. The second kappa shape index (κ2) is 7.22. The Hall–Kier alpha value is -2.74. The van der Waals surface area contributed by atoms with E-state index in [1.54, 1.807) is 18.1 Å². The van der Waals surface area contributed by atoms with Crippen LogP contribution in [0.5, 0.6) is 0 Å². The Morgan fingerprint density at radius 1 is 1.38 bits per heavy atom. The van der Waals surface area contributed by atoms with Crippen molar-refractivity contribution in [3.63, 3.8) is 0 Å². The average Bonchev–Trinajstić information content (AvgIpc) is 3.18. The molecule has 8 heteroatoms. The highest BCUT2D eigenvalue weighted by atomic mass is 16.5. The first-order chi connectivity index (χ1) is 11.7. The highest BCUT2D eigenvalue weighted by molar-refractivity contribution is 5.79. The summed E-state index contributed by atoms with van der Waals surface area (Å²) >= 11 is 0. The van der Waals surface area contributed by atoms with E-state index in [-0.39, 0.29) is 18.5 Å². The molecule has 1 N–H and O–H groups in total. The van der Waals surface area contributed by atoms with Crippen molar-refractivity contribution in [3.05, 3.63) is 42.6 Å². The lowest BCUT2D eigenvalue weighted by Crippen LogP contribution is -2.32. The van der Waals surface area contributed by atoms with Crippen LogP contribution in [0.1, 0.15) is 18.8 Å². The SMILES string of the molecule is COCCn1cnnc1[C@H](C)NC(=O)Cn1cc2ccccc2n1. The molecule has 3 rings (SSSR count). The molecule has 0 fully saturated rings. The van der Waals surface area contributed by atoms with Gasteiger partial charge < -0.3 is 14.6 Å². The number of aromatic nitrogens is 5. The lowest BCUT2D eigenvalue weighted by atomic mass is 10.3. The normalized spacial score (nSPS) is 12.4. The van der Waals surface area contributed by atoms with Gasteiger partial charge in [0.15, 0.2) is 5.82 Å². The Bertz CT molecular complexity index is 792. The molecule has 0 unspecified atom stereocenters. The topological polar surface area (TPSA) is 86.9 Å². The van der Waals surface area contributed by atoms with E-state index >= 15 is 0 Å². The number of fused-ring (bicyclic) bond motifs is 1. The second-order valence-corrected chi connectivity index (χ2v) is 5.55. The first kappa shape index (κ1) is 16.1. The second-order valence-electron chi connectivity index (χ2n) is 5.55. The molecule has 0 aliphatic rings. The molecule has 0 radical (unpaired) electrons. The molecule has 0 aliphatic carbocycles. The van der Waals surface area contributed by atoms with Gasteiger partial charge in [0.05, 0.1) is 18.2 Å². The minimum Gasteiger partial charge on any atom is -0.383 e. The van der Waals surface area contributed by atoms with Gasteiger partial charge in [-0.25, -0.2) is 0 Å². The Morgan fingerprint density at radius 3 is 3.00 bits per heavy atom. The van der Waals surface area contributed by atoms with Gasteiger partial charge in [-0.15, -0.1) is 10.2 Å². The van der Waals surface area contributed by atoms with E-state index in [4.69, 9.17) is 4.74 Å². The highest BCUT2D eigenvalue weighted by Gasteiger charge is 2.16. The third-order valence-electron chi connectivity index (χ3n) is 3.71. The van der Waals surface area contributed by atoms with Gasteiger partial charge in [0.1, 0.15) is 12.9 Å². The van der Waals surface area contributed by atoms with E-state index in [1.807, 2.05) is 42.0 Å². The summed E-state index contributed by atoms with van der Waals surface area (Å²) in [6.45, 7) is 3.24. The van der Waals surface area contributed by atoms with Crippen molar-refractivity contribution in [3.8, 4) is 0 Å². The Morgan fingerprint density at radius 2 is 2.21 bits per heavy atom. The largest absolute Gasteiger partial charge is 0.383 e. The lowest BCUT2D eigenvalue weighted by molar-refractivity contribution is -0.122. The molecule has 1 amide bonds. The van der Waals surface area contributed by atoms with Crippen LogP contribution in [-0.4, -0.2) is 44.2 Å². The maximum Gasteiger partial charge on any atom is 0.242 e. The smallest absolute Gasteiger partial charge is 0.242 e. The van der Waals surface area contributed by atoms with Crippen molar-refractivity contribution in [2.75, 3.05) is 13.7 Å². The fourth-order valence-corrected chi connectivity index (χ4v) is 2.56. The zero-order valence-electron chi connectivity index (χ0n) is 13.7. The summed E-state index contributed by atoms with van der Waals surface area (Å²) in [4.78, 5) is 12.3. The van der Waals surface area contributed by atoms with Gasteiger partial charge in [-0.1, -0.05) is 18.2 Å². The number of hydrogen-bond donors (Lipinski definition) is 1. The predicted molar refractivity (Wildman–Crippen MR) is 88.2 cm³/mol. The molecule has 3 aromatic rings. The Kier molecular flexibility index (Phi) is 4.85. The first-order valence-corrected chi connectivity index (χ1v) is 7.75. The van der Waals surface area contributed by atoms with Crippen LogP contribution in [0.15, 0.2) is 36.8 Å². The van der Waals surface area contributed by atoms with E-state index in [2.05, 4.69) is 20.6 Å². The number of carbonyl (C=O) groups excluding carboxylic acids is 1. The van der Waals surface area contributed by atoms with Crippen LogP contribution >= 0.6 is 0 Å². The molecule has 24 heavy (non-hydrogen) atoms. The third kappa shape index (κ3) is 3.60. The minimum atomic E-state index is -0.248. The molecule has 8 nitrogen and oxygen atoms in total. The summed E-state index contributed by atoms with van der Waals surface area (Å²) in [6.07, 6.45) is 3.50. The predicted octanol–water partition coefficient (Wildman–Crippen LogP) is 1.15. The van der Waals surface area contributed by atoms with Crippen LogP contribution in [-0.2, 0) is 22.6 Å². The number of nitrogens with one attached hydrogen (secondary N) is 1. The van der Waals surface area contributed by atoms with Crippen LogP contribution in [0.4, 0.5) is 0 Å². The van der Waals surface area contributed by atoms with Crippen molar-refractivity contribution < 1.29 is 9.53 Å². The van der Waals surface area contributed by atoms with Crippen molar-refractivity contribution in [1.29, 1.82) is 0 Å². The molecule has 0 spiro atoms. The van der Waals surface area contributed by atoms with E-state index in [9.17, 15) is 4.79 Å². The van der Waals surface area contributed by atoms with Crippen LogP contribution < -0.4 is 5.32 Å². The number of ether oxygens (including phenoxy) is 1. The summed E-state index contributed by atoms with van der Waals surface area (Å²) in [6, 6.07) is 7.52. The molecule has 1 atom stereocenters. The maximum atomic E-state index is 12.3. The number of carbonyl (C=O) groups is 1. The zero-order chi connectivity index (χ0) is 16.9. The molecular weight excluding hydrogens is 308 g/mol. The minimum absolute atomic E-state index is 0.128. The summed E-state index contributed by atoms with van der Waals surface area (Å²) < 4.78 is 8.58. The number of nitrogens with zero attached hydrogens (tertiary/aromatic N) is 5. The van der Waals surface area contributed by atoms with E-state index in [0.717, 1.165) is 10.9 Å². The summed E-state index contributed by atoms with van der Waals surface area (Å²) in [5.41, 5.74) is 0.873. The van der Waals surface area contributed by atoms with E-state index in [1.165, 1.54) is 0 Å². The number of rotatable bonds is 7. The first-order valence-electron chi connectivity index (χ1n) is 7.75. The van der Waals surface area contributed by atoms with Gasteiger partial charge in [0.25, 0.3) is 0 Å². The number of hydrogen-bond acceptors (Lipinski definition) is 5. The van der Waals surface area contributed by atoms with Crippen LogP contribution in [0.3, 0.4) is 0 Å². The molecule has 1 aromatic carbocycles. The average molecular weight is 328 g/mol. The highest BCUT2D eigenvalue weighted by Crippen LogP contribution is 2.12. The number of benzene rings is 1. The zero-order valence-corrected chi connectivity index (χ0v) is 13.7. The Labute approximate surface area is 139 Å². The molecule has 0 saturated heterocycles. The summed E-state index contributed by atoms with van der Waals surface area (Å²) in [5, 5.41) is 16.3. The summed E-state index contributed by atoms with van der Waals surface area (Å²) in [5.74, 6) is 0.572. The van der Waals surface area contributed by atoms with E-state index < -0.39 is 0 Å². The van der Waals surface area contributed by atoms with E-state index in [0.29, 0.717) is 19.0 Å². The molecule has 126 valence electrons. The van der Waals surface area contributed by atoms with Gasteiger partial charge in [-0.2, -0.15) is 5.10 Å². The van der Waals surface area contributed by atoms with Gasteiger partial charge in [0, 0.05) is 25.2 Å². The standard InChI is InChI=1S/C16H20N6O2/c1-12(16-19-17-11-21(16)7-8-24-2)18-15(23)10-22-9-13-5-3-4-6-14(13)20-22/h3-6,9,11-12H,7-8,10H2,1-2H3,(H,18,23)/t12-/m0/s1. The van der Waals surface area contributed by atoms with Crippen molar-refractivity contribution in [1.82, 2.24) is 29.9 Å². The van der Waals surface area contributed by atoms with Gasteiger partial charge >= 0.3 is 0 Å². The molecule has 0 bridgehead atoms. The molecule has 2 heterocycles. The van der Waals surface area contributed by atoms with Gasteiger partial charge in [-0.3, -0.25) is 9.48 Å². The third-order valence-corrected chi connectivity index (χ3v) is 3.71. The fraction of sp³-hybridized carbons (Fsp3) is 0.375. The number of amides is 1. The summed E-state index contributed by atoms with van der Waals surface area (Å²) in [7, 11) is 1.64. The quantitative estimate of drug-likeness (QED) is 0.703. The van der Waals surface area contributed by atoms with Crippen molar-refractivity contribution in [2.45, 2.75) is 26.1 Å². The van der Waals surface area contributed by atoms with Crippen molar-refractivity contribution in [2.24, 2.45) is 0 Å².